The minimum Gasteiger partial charge on any atom is -0.349 e. The lowest BCUT2D eigenvalue weighted by Gasteiger charge is -2.41. The zero-order valence-corrected chi connectivity index (χ0v) is 16.9. The van der Waals surface area contributed by atoms with Crippen molar-refractivity contribution in [2.24, 2.45) is 0 Å². The Bertz CT molecular complexity index is 734. The fourth-order valence-electron chi connectivity index (χ4n) is 3.96. The van der Waals surface area contributed by atoms with Crippen LogP contribution in [0.25, 0.3) is 10.9 Å². The van der Waals surface area contributed by atoms with Crippen molar-refractivity contribution in [3.05, 3.63) is 33.7 Å². The van der Waals surface area contributed by atoms with Crippen LogP contribution in [0.2, 0.25) is 0 Å². The molecule has 1 fully saturated rings. The summed E-state index contributed by atoms with van der Waals surface area (Å²) in [7, 11) is 0. The first kappa shape index (κ1) is 17.9. The van der Waals surface area contributed by atoms with Gasteiger partial charge in [-0.1, -0.05) is 13.8 Å². The lowest BCUT2D eigenvalue weighted by Crippen LogP contribution is -2.45. The number of benzene rings is 1. The summed E-state index contributed by atoms with van der Waals surface area (Å²) in [5.74, 6) is 0.650. The van der Waals surface area contributed by atoms with Gasteiger partial charge in [-0.3, -0.25) is 4.90 Å². The topological polar surface area (TPSA) is 19.0 Å². The number of aromatic amines is 1. The standard InChI is InChI=1S/C20H28BrFN2/c1-12(2)18-15-10-14(16(22)11-17(15)23-19(18)21)13-6-8-24(9-7-13)20(3,4)5/h10-13,23H,6-9H2,1-5H3. The van der Waals surface area contributed by atoms with Crippen molar-refractivity contribution in [2.45, 2.75) is 64.8 Å². The summed E-state index contributed by atoms with van der Waals surface area (Å²) >= 11 is 3.60. The van der Waals surface area contributed by atoms with Crippen molar-refractivity contribution >= 4 is 26.8 Å². The Morgan fingerprint density at radius 1 is 1.21 bits per heavy atom. The largest absolute Gasteiger partial charge is 0.349 e. The molecule has 1 aromatic heterocycles. The summed E-state index contributed by atoms with van der Waals surface area (Å²) in [5.41, 5.74) is 3.23. The van der Waals surface area contributed by atoms with Crippen LogP contribution in [0.3, 0.4) is 0 Å². The Kier molecular flexibility index (Phi) is 4.82. The molecule has 0 aliphatic carbocycles. The third-order valence-corrected chi connectivity index (χ3v) is 5.99. The number of halogens is 2. The fraction of sp³-hybridized carbons (Fsp3) is 0.600. The third kappa shape index (κ3) is 3.28. The molecule has 0 amide bonds. The van der Waals surface area contributed by atoms with Crippen LogP contribution in [0.1, 0.15) is 70.4 Å². The quantitative estimate of drug-likeness (QED) is 0.644. The number of aromatic nitrogens is 1. The Balaban J connectivity index is 1.93. The molecule has 1 saturated heterocycles. The van der Waals surface area contributed by atoms with Gasteiger partial charge in [0.2, 0.25) is 0 Å². The second-order valence-corrected chi connectivity index (χ2v) is 9.15. The number of H-pyrrole nitrogens is 1. The van der Waals surface area contributed by atoms with Crippen LogP contribution >= 0.6 is 15.9 Å². The maximum atomic E-state index is 14.7. The van der Waals surface area contributed by atoms with Crippen molar-refractivity contribution < 1.29 is 4.39 Å². The van der Waals surface area contributed by atoms with E-state index in [-0.39, 0.29) is 11.4 Å². The van der Waals surface area contributed by atoms with Gasteiger partial charge in [-0.2, -0.15) is 0 Å². The molecular formula is C20H28BrFN2. The van der Waals surface area contributed by atoms with Gasteiger partial charge >= 0.3 is 0 Å². The second-order valence-electron chi connectivity index (χ2n) is 8.36. The molecule has 3 rings (SSSR count). The molecule has 0 radical (unpaired) electrons. The van der Waals surface area contributed by atoms with E-state index in [1.807, 2.05) is 0 Å². The number of nitrogens with one attached hydrogen (secondary N) is 1. The highest BCUT2D eigenvalue weighted by Gasteiger charge is 2.29. The van der Waals surface area contributed by atoms with E-state index in [1.54, 1.807) is 6.07 Å². The summed E-state index contributed by atoms with van der Waals surface area (Å²) in [6.07, 6.45) is 2.06. The predicted molar refractivity (Wildman–Crippen MR) is 103 cm³/mol. The first-order chi connectivity index (χ1) is 11.2. The van der Waals surface area contributed by atoms with Crippen LogP contribution in [0.5, 0.6) is 0 Å². The molecule has 24 heavy (non-hydrogen) atoms. The van der Waals surface area contributed by atoms with E-state index in [0.717, 1.165) is 47.0 Å². The normalized spacial score (nSPS) is 18.0. The molecule has 0 unspecified atom stereocenters. The van der Waals surface area contributed by atoms with Crippen molar-refractivity contribution in [3.63, 3.8) is 0 Å². The van der Waals surface area contributed by atoms with Gasteiger partial charge in [-0.15, -0.1) is 0 Å². The highest BCUT2D eigenvalue weighted by molar-refractivity contribution is 9.10. The minimum absolute atomic E-state index is 0.0687. The van der Waals surface area contributed by atoms with Gasteiger partial charge in [0.25, 0.3) is 0 Å². The Labute approximate surface area is 152 Å². The molecule has 1 aliphatic heterocycles. The van der Waals surface area contributed by atoms with Crippen molar-refractivity contribution in [2.75, 3.05) is 13.1 Å². The van der Waals surface area contributed by atoms with Crippen LogP contribution in [0, 0.1) is 5.82 Å². The molecule has 0 saturated carbocycles. The molecule has 2 heterocycles. The van der Waals surface area contributed by atoms with Gasteiger partial charge in [0.15, 0.2) is 0 Å². The lowest BCUT2D eigenvalue weighted by atomic mass is 9.86. The summed E-state index contributed by atoms with van der Waals surface area (Å²) in [4.78, 5) is 5.78. The zero-order chi connectivity index (χ0) is 17.6. The van der Waals surface area contributed by atoms with E-state index >= 15 is 0 Å². The maximum Gasteiger partial charge on any atom is 0.128 e. The van der Waals surface area contributed by atoms with Crippen molar-refractivity contribution in [3.8, 4) is 0 Å². The van der Waals surface area contributed by atoms with E-state index in [1.165, 1.54) is 5.56 Å². The van der Waals surface area contributed by atoms with E-state index < -0.39 is 0 Å². The van der Waals surface area contributed by atoms with E-state index in [4.69, 9.17) is 0 Å². The first-order valence-electron chi connectivity index (χ1n) is 8.94. The lowest BCUT2D eigenvalue weighted by molar-refractivity contribution is 0.102. The predicted octanol–water partition coefficient (Wildman–Crippen LogP) is 6.17. The number of hydrogen-bond acceptors (Lipinski definition) is 1. The molecule has 2 aromatic rings. The Morgan fingerprint density at radius 2 is 1.83 bits per heavy atom. The van der Waals surface area contributed by atoms with E-state index in [2.05, 4.69) is 66.5 Å². The average Bonchev–Trinajstić information content (AvgIpc) is 2.80. The molecule has 1 N–H and O–H groups in total. The molecule has 1 aliphatic rings. The van der Waals surface area contributed by atoms with Crippen molar-refractivity contribution in [1.82, 2.24) is 9.88 Å². The number of rotatable bonds is 2. The van der Waals surface area contributed by atoms with Gasteiger partial charge in [-0.05, 0) is 97.7 Å². The first-order valence-corrected chi connectivity index (χ1v) is 9.73. The number of fused-ring (bicyclic) bond motifs is 1. The van der Waals surface area contributed by atoms with Gasteiger partial charge in [0.05, 0.1) is 4.60 Å². The average molecular weight is 395 g/mol. The van der Waals surface area contributed by atoms with Crippen LogP contribution in [-0.2, 0) is 0 Å². The summed E-state index contributed by atoms with van der Waals surface area (Å²) in [6.45, 7) is 13.2. The number of piperidine rings is 1. The number of likely N-dealkylation sites (tertiary alicyclic amines) is 1. The van der Waals surface area contributed by atoms with Gasteiger partial charge < -0.3 is 4.98 Å². The highest BCUT2D eigenvalue weighted by atomic mass is 79.9. The monoisotopic (exact) mass is 394 g/mol. The molecule has 2 nitrogen and oxygen atoms in total. The number of hydrogen-bond donors (Lipinski definition) is 1. The summed E-state index contributed by atoms with van der Waals surface area (Å²) in [6, 6.07) is 3.77. The smallest absolute Gasteiger partial charge is 0.128 e. The minimum atomic E-state index is -0.0687. The van der Waals surface area contributed by atoms with Gasteiger partial charge in [-0.25, -0.2) is 4.39 Å². The van der Waals surface area contributed by atoms with Gasteiger partial charge in [0, 0.05) is 16.4 Å². The fourth-order valence-corrected chi connectivity index (χ4v) is 4.84. The zero-order valence-electron chi connectivity index (χ0n) is 15.3. The van der Waals surface area contributed by atoms with Crippen LogP contribution < -0.4 is 0 Å². The molecule has 0 bridgehead atoms. The van der Waals surface area contributed by atoms with Crippen molar-refractivity contribution in [1.29, 1.82) is 0 Å². The molecule has 1 aromatic carbocycles. The maximum absolute atomic E-state index is 14.7. The molecular weight excluding hydrogens is 367 g/mol. The summed E-state index contributed by atoms with van der Waals surface area (Å²) in [5, 5.41) is 1.16. The molecule has 0 atom stereocenters. The number of nitrogens with zero attached hydrogens (tertiary/aromatic N) is 1. The Hall–Kier alpha value is -0.870. The van der Waals surface area contributed by atoms with E-state index in [9.17, 15) is 4.39 Å². The van der Waals surface area contributed by atoms with Crippen LogP contribution in [0.4, 0.5) is 4.39 Å². The van der Waals surface area contributed by atoms with E-state index in [0.29, 0.717) is 11.8 Å². The second kappa shape index (κ2) is 6.45. The SMILES string of the molecule is CC(C)c1c(Br)[nH]c2cc(F)c(C3CCN(C(C)(C)C)CC3)cc12. The van der Waals surface area contributed by atoms with Crippen LogP contribution in [0.15, 0.2) is 16.7 Å². The summed E-state index contributed by atoms with van der Waals surface area (Å²) < 4.78 is 15.7. The molecule has 0 spiro atoms. The third-order valence-electron chi connectivity index (χ3n) is 5.37. The molecule has 132 valence electrons. The molecule has 4 heteroatoms. The highest BCUT2D eigenvalue weighted by Crippen LogP contribution is 2.38. The van der Waals surface area contributed by atoms with Gasteiger partial charge in [0.1, 0.15) is 5.82 Å². The Morgan fingerprint density at radius 3 is 2.38 bits per heavy atom. The van der Waals surface area contributed by atoms with Crippen LogP contribution in [-0.4, -0.2) is 28.5 Å².